The zero-order chi connectivity index (χ0) is 21.7. The Balaban J connectivity index is 1.65. The van der Waals surface area contributed by atoms with Gasteiger partial charge in [0, 0.05) is 36.4 Å². The molecular weight excluding hydrogens is 394 g/mol. The molecule has 2 atom stereocenters. The molecule has 0 aromatic carbocycles. The SMILES string of the molecule is CNc1cc(-c2cn(C(C)C)c3ncccc23)nn2c(C(=O)N[C@@H]3CC[C@@H]3O)cnc12. The molecule has 4 aromatic heterocycles. The zero-order valence-corrected chi connectivity index (χ0v) is 17.7. The Kier molecular flexibility index (Phi) is 4.62. The first-order chi connectivity index (χ1) is 15.0. The van der Waals surface area contributed by atoms with E-state index in [-0.39, 0.29) is 18.0 Å². The molecule has 0 aliphatic heterocycles. The average molecular weight is 419 g/mol. The molecule has 0 spiro atoms. The molecule has 0 bridgehead atoms. The van der Waals surface area contributed by atoms with Gasteiger partial charge in [-0.05, 0) is 44.9 Å². The molecule has 3 N–H and O–H groups in total. The Morgan fingerprint density at radius 3 is 2.77 bits per heavy atom. The van der Waals surface area contributed by atoms with Gasteiger partial charge in [0.15, 0.2) is 11.3 Å². The number of hydrogen-bond acceptors (Lipinski definition) is 6. The standard InChI is InChI=1S/C22H25N7O2/c1-12(2)28-11-14(13-5-4-8-24-20(13)28)16-9-17(23-3)21-25-10-18(29(21)27-16)22(31)26-15-6-7-19(15)30/h4-5,8-12,15,19,23,30H,6-7H2,1-3H3,(H,26,31)/t15-,19+/m1/s1. The number of pyridine rings is 1. The van der Waals surface area contributed by atoms with Crippen LogP contribution in [0.15, 0.2) is 36.8 Å². The fourth-order valence-electron chi connectivity index (χ4n) is 4.01. The lowest BCUT2D eigenvalue weighted by Gasteiger charge is -2.32. The van der Waals surface area contributed by atoms with Gasteiger partial charge in [-0.1, -0.05) is 0 Å². The van der Waals surface area contributed by atoms with E-state index in [1.165, 1.54) is 6.20 Å². The first kappa shape index (κ1) is 19.5. The van der Waals surface area contributed by atoms with Crippen molar-refractivity contribution in [3.63, 3.8) is 0 Å². The molecular formula is C22H25N7O2. The van der Waals surface area contributed by atoms with E-state index in [4.69, 9.17) is 5.10 Å². The molecule has 31 heavy (non-hydrogen) atoms. The summed E-state index contributed by atoms with van der Waals surface area (Å²) < 4.78 is 3.69. The van der Waals surface area contributed by atoms with E-state index in [0.717, 1.165) is 28.7 Å². The molecule has 1 saturated carbocycles. The number of rotatable bonds is 5. The van der Waals surface area contributed by atoms with Crippen LogP contribution >= 0.6 is 0 Å². The van der Waals surface area contributed by atoms with Crippen molar-refractivity contribution in [2.75, 3.05) is 12.4 Å². The fourth-order valence-corrected chi connectivity index (χ4v) is 4.01. The summed E-state index contributed by atoms with van der Waals surface area (Å²) in [6.07, 6.45) is 6.34. The van der Waals surface area contributed by atoms with Gasteiger partial charge in [0.25, 0.3) is 5.91 Å². The van der Waals surface area contributed by atoms with Gasteiger partial charge in [-0.3, -0.25) is 4.79 Å². The van der Waals surface area contributed by atoms with Crippen LogP contribution in [0.2, 0.25) is 0 Å². The van der Waals surface area contributed by atoms with Crippen LogP contribution < -0.4 is 10.6 Å². The van der Waals surface area contributed by atoms with Crippen molar-refractivity contribution < 1.29 is 9.90 Å². The second kappa shape index (κ2) is 7.35. The highest BCUT2D eigenvalue weighted by molar-refractivity contribution is 5.96. The number of carbonyl (C=O) groups excluding carboxylic acids is 1. The average Bonchev–Trinajstić information content (AvgIpc) is 3.37. The minimum atomic E-state index is -0.491. The molecule has 9 nitrogen and oxygen atoms in total. The number of aliphatic hydroxyl groups is 1. The van der Waals surface area contributed by atoms with Gasteiger partial charge >= 0.3 is 0 Å². The monoisotopic (exact) mass is 419 g/mol. The predicted molar refractivity (Wildman–Crippen MR) is 118 cm³/mol. The van der Waals surface area contributed by atoms with Crippen LogP contribution in [0.5, 0.6) is 0 Å². The highest BCUT2D eigenvalue weighted by atomic mass is 16.3. The van der Waals surface area contributed by atoms with E-state index < -0.39 is 6.10 Å². The van der Waals surface area contributed by atoms with Crippen LogP contribution in [0, 0.1) is 0 Å². The van der Waals surface area contributed by atoms with Gasteiger partial charge in [-0.15, -0.1) is 0 Å². The minimum Gasteiger partial charge on any atom is -0.391 e. The van der Waals surface area contributed by atoms with E-state index in [1.54, 1.807) is 10.7 Å². The van der Waals surface area contributed by atoms with Crippen LogP contribution in [0.4, 0.5) is 5.69 Å². The molecule has 4 aromatic rings. The Morgan fingerprint density at radius 1 is 1.26 bits per heavy atom. The van der Waals surface area contributed by atoms with Crippen molar-refractivity contribution in [2.24, 2.45) is 0 Å². The number of fused-ring (bicyclic) bond motifs is 2. The molecule has 1 aliphatic carbocycles. The number of amides is 1. The first-order valence-corrected chi connectivity index (χ1v) is 10.5. The summed E-state index contributed by atoms with van der Waals surface area (Å²) in [4.78, 5) is 21.8. The highest BCUT2D eigenvalue weighted by Gasteiger charge is 2.31. The fraction of sp³-hybridized carbons (Fsp3) is 0.364. The van der Waals surface area contributed by atoms with Crippen LogP contribution in [-0.2, 0) is 0 Å². The van der Waals surface area contributed by atoms with Crippen LogP contribution in [0.1, 0.15) is 43.2 Å². The number of carbonyl (C=O) groups is 1. The summed E-state index contributed by atoms with van der Waals surface area (Å²) in [6.45, 7) is 4.22. The summed E-state index contributed by atoms with van der Waals surface area (Å²) in [6, 6.07) is 5.89. The summed E-state index contributed by atoms with van der Waals surface area (Å²) in [5.74, 6) is -0.297. The van der Waals surface area contributed by atoms with E-state index >= 15 is 0 Å². The van der Waals surface area contributed by atoms with Crippen molar-refractivity contribution >= 4 is 28.3 Å². The number of nitrogens with zero attached hydrogens (tertiary/aromatic N) is 5. The quantitative estimate of drug-likeness (QED) is 0.459. The molecule has 1 aliphatic rings. The molecule has 0 saturated heterocycles. The van der Waals surface area contributed by atoms with Crippen LogP contribution in [0.25, 0.3) is 27.9 Å². The van der Waals surface area contributed by atoms with Crippen molar-refractivity contribution in [3.8, 4) is 11.3 Å². The number of imidazole rings is 1. The summed E-state index contributed by atoms with van der Waals surface area (Å²) >= 11 is 0. The van der Waals surface area contributed by atoms with E-state index in [1.807, 2.05) is 25.2 Å². The van der Waals surface area contributed by atoms with Gasteiger partial charge < -0.3 is 20.3 Å². The lowest BCUT2D eigenvalue weighted by molar-refractivity contribution is 0.0445. The maximum atomic E-state index is 12.9. The van der Waals surface area contributed by atoms with Gasteiger partial charge in [0.05, 0.1) is 29.7 Å². The molecule has 1 amide bonds. The molecule has 0 radical (unpaired) electrons. The van der Waals surface area contributed by atoms with Gasteiger partial charge in [-0.25, -0.2) is 14.5 Å². The molecule has 0 unspecified atom stereocenters. The van der Waals surface area contributed by atoms with Crippen molar-refractivity contribution in [3.05, 3.63) is 42.5 Å². The summed E-state index contributed by atoms with van der Waals surface area (Å²) in [5, 5.41) is 21.6. The van der Waals surface area contributed by atoms with Gasteiger partial charge in [0.1, 0.15) is 5.65 Å². The Morgan fingerprint density at radius 2 is 2.10 bits per heavy atom. The topological polar surface area (TPSA) is 109 Å². The van der Waals surface area contributed by atoms with Crippen LogP contribution in [0.3, 0.4) is 0 Å². The molecule has 4 heterocycles. The Hall–Kier alpha value is -3.46. The Bertz CT molecular complexity index is 1290. The second-order valence-electron chi connectivity index (χ2n) is 8.22. The highest BCUT2D eigenvalue weighted by Crippen LogP contribution is 2.32. The minimum absolute atomic E-state index is 0.222. The number of nitrogens with one attached hydrogen (secondary N) is 2. The molecule has 1 fully saturated rings. The number of anilines is 1. The third-order valence-electron chi connectivity index (χ3n) is 5.95. The summed E-state index contributed by atoms with van der Waals surface area (Å²) in [7, 11) is 1.82. The number of aliphatic hydroxyl groups excluding tert-OH is 1. The molecule has 5 rings (SSSR count). The number of aromatic nitrogens is 5. The third-order valence-corrected chi connectivity index (χ3v) is 5.95. The predicted octanol–water partition coefficient (Wildman–Crippen LogP) is 2.62. The van der Waals surface area contributed by atoms with E-state index in [0.29, 0.717) is 23.5 Å². The third kappa shape index (κ3) is 3.12. The van der Waals surface area contributed by atoms with Crippen molar-refractivity contribution in [1.82, 2.24) is 29.5 Å². The van der Waals surface area contributed by atoms with E-state index in [9.17, 15) is 9.90 Å². The van der Waals surface area contributed by atoms with Gasteiger partial charge in [-0.2, -0.15) is 5.10 Å². The lowest BCUT2D eigenvalue weighted by Crippen LogP contribution is -2.50. The normalized spacial score (nSPS) is 18.5. The van der Waals surface area contributed by atoms with E-state index in [2.05, 4.69) is 45.2 Å². The van der Waals surface area contributed by atoms with Crippen LogP contribution in [-0.4, -0.2) is 54.4 Å². The number of hydrogen-bond donors (Lipinski definition) is 3. The largest absolute Gasteiger partial charge is 0.391 e. The first-order valence-electron chi connectivity index (χ1n) is 10.5. The molecule has 160 valence electrons. The molecule has 9 heteroatoms. The van der Waals surface area contributed by atoms with Gasteiger partial charge in [0.2, 0.25) is 0 Å². The maximum absolute atomic E-state index is 12.9. The Labute approximate surface area is 179 Å². The second-order valence-corrected chi connectivity index (χ2v) is 8.22. The lowest BCUT2D eigenvalue weighted by atomic mass is 9.89. The zero-order valence-electron chi connectivity index (χ0n) is 17.7. The maximum Gasteiger partial charge on any atom is 0.271 e. The smallest absolute Gasteiger partial charge is 0.271 e. The van der Waals surface area contributed by atoms with Crippen molar-refractivity contribution in [1.29, 1.82) is 0 Å². The summed E-state index contributed by atoms with van der Waals surface area (Å²) in [5.41, 5.74) is 4.20. The van der Waals surface area contributed by atoms with Crippen molar-refractivity contribution in [2.45, 2.75) is 44.9 Å².